The molecule has 0 bridgehead atoms. The van der Waals surface area contributed by atoms with Crippen LogP contribution in [0.5, 0.6) is 5.75 Å². The second-order valence-electron chi connectivity index (χ2n) is 7.10. The molecular formula is C22H30N2O2. The summed E-state index contributed by atoms with van der Waals surface area (Å²) in [5.41, 5.74) is 3.96. The van der Waals surface area contributed by atoms with E-state index in [2.05, 4.69) is 72.3 Å². The van der Waals surface area contributed by atoms with Crippen molar-refractivity contribution >= 4 is 0 Å². The van der Waals surface area contributed by atoms with Crippen molar-refractivity contribution in [3.8, 4) is 5.75 Å². The maximum atomic E-state index is 5.88. The molecule has 1 saturated heterocycles. The molecule has 1 aliphatic rings. The number of benzene rings is 2. The molecule has 1 fully saturated rings. The molecule has 4 heteroatoms. The molecule has 140 valence electrons. The van der Waals surface area contributed by atoms with Gasteiger partial charge in [0.05, 0.1) is 13.2 Å². The van der Waals surface area contributed by atoms with Gasteiger partial charge in [-0.2, -0.15) is 0 Å². The summed E-state index contributed by atoms with van der Waals surface area (Å²) in [6.45, 7) is 9.40. The van der Waals surface area contributed by atoms with E-state index >= 15 is 0 Å². The molecule has 26 heavy (non-hydrogen) atoms. The van der Waals surface area contributed by atoms with Crippen molar-refractivity contribution in [1.82, 2.24) is 9.80 Å². The number of hydrogen-bond donors (Lipinski definition) is 0. The predicted octanol–water partition coefficient (Wildman–Crippen LogP) is 3.34. The van der Waals surface area contributed by atoms with Gasteiger partial charge in [0.25, 0.3) is 0 Å². The van der Waals surface area contributed by atoms with E-state index in [1.807, 2.05) is 0 Å². The zero-order valence-electron chi connectivity index (χ0n) is 16.0. The van der Waals surface area contributed by atoms with Crippen LogP contribution in [0.15, 0.2) is 48.5 Å². The van der Waals surface area contributed by atoms with Crippen LogP contribution in [0.4, 0.5) is 0 Å². The first kappa shape index (κ1) is 18.9. The average molecular weight is 354 g/mol. The Labute approximate surface area is 157 Å². The first-order valence-corrected chi connectivity index (χ1v) is 9.45. The lowest BCUT2D eigenvalue weighted by atomic mass is 10.1. The summed E-state index contributed by atoms with van der Waals surface area (Å²) in [6.07, 6.45) is 0. The van der Waals surface area contributed by atoms with Gasteiger partial charge < -0.3 is 9.47 Å². The monoisotopic (exact) mass is 354 g/mol. The molecule has 2 aromatic rings. The predicted molar refractivity (Wildman–Crippen MR) is 106 cm³/mol. The Bertz CT molecular complexity index is 649. The van der Waals surface area contributed by atoms with Gasteiger partial charge in [-0.05, 0) is 37.2 Å². The lowest BCUT2D eigenvalue weighted by Crippen LogP contribution is -2.38. The van der Waals surface area contributed by atoms with E-state index in [4.69, 9.17) is 9.47 Å². The minimum atomic E-state index is 0.729. The molecule has 0 aliphatic carbocycles. The smallest absolute Gasteiger partial charge is 0.119 e. The van der Waals surface area contributed by atoms with Gasteiger partial charge in [-0.25, -0.2) is 0 Å². The molecule has 2 aromatic carbocycles. The maximum Gasteiger partial charge on any atom is 0.119 e. The number of ether oxygens (including phenoxy) is 2. The summed E-state index contributed by atoms with van der Waals surface area (Å²) in [5, 5.41) is 0. The van der Waals surface area contributed by atoms with Gasteiger partial charge in [0, 0.05) is 32.7 Å². The topological polar surface area (TPSA) is 24.9 Å². The third-order valence-electron chi connectivity index (χ3n) is 4.73. The molecule has 1 aliphatic heterocycles. The highest BCUT2D eigenvalue weighted by Crippen LogP contribution is 2.15. The van der Waals surface area contributed by atoms with Crippen LogP contribution in [0.3, 0.4) is 0 Å². The van der Waals surface area contributed by atoms with Gasteiger partial charge in [-0.1, -0.05) is 42.0 Å². The van der Waals surface area contributed by atoms with E-state index in [9.17, 15) is 0 Å². The number of aryl methyl sites for hydroxylation is 1. The van der Waals surface area contributed by atoms with E-state index in [0.29, 0.717) is 0 Å². The normalized spacial score (nSPS) is 15.3. The van der Waals surface area contributed by atoms with Crippen molar-refractivity contribution in [2.24, 2.45) is 0 Å². The second-order valence-corrected chi connectivity index (χ2v) is 7.10. The van der Waals surface area contributed by atoms with Crippen molar-refractivity contribution in [2.75, 3.05) is 46.5 Å². The molecule has 0 amide bonds. The van der Waals surface area contributed by atoms with E-state index < -0.39 is 0 Å². The largest absolute Gasteiger partial charge is 0.492 e. The van der Waals surface area contributed by atoms with E-state index in [1.54, 1.807) is 0 Å². The Morgan fingerprint density at radius 2 is 1.50 bits per heavy atom. The molecule has 1 heterocycles. The number of nitrogens with zero attached hydrogens (tertiary/aromatic N) is 2. The van der Waals surface area contributed by atoms with Crippen molar-refractivity contribution in [2.45, 2.75) is 20.0 Å². The van der Waals surface area contributed by atoms with Crippen LogP contribution in [0, 0.1) is 6.92 Å². The van der Waals surface area contributed by atoms with Crippen LogP contribution in [-0.2, 0) is 17.8 Å². The summed E-state index contributed by atoms with van der Waals surface area (Å²) >= 11 is 0. The minimum absolute atomic E-state index is 0.729. The summed E-state index contributed by atoms with van der Waals surface area (Å²) in [7, 11) is 2.16. The lowest BCUT2D eigenvalue weighted by Gasteiger charge is -2.26. The summed E-state index contributed by atoms with van der Waals surface area (Å²) in [5.74, 6) is 0.947. The van der Waals surface area contributed by atoms with Gasteiger partial charge in [-0.15, -0.1) is 0 Å². The standard InChI is InChI=1S/C22H30N2O2/c1-19-3-5-20(6-4-19)17-23(2)18-21-7-9-22(10-8-21)26-16-13-24-11-14-25-15-12-24/h3-10H,11-18H2,1-2H3. The van der Waals surface area contributed by atoms with Crippen LogP contribution in [0.2, 0.25) is 0 Å². The first-order valence-electron chi connectivity index (χ1n) is 9.45. The lowest BCUT2D eigenvalue weighted by molar-refractivity contribution is 0.0322. The maximum absolute atomic E-state index is 5.88. The highest BCUT2D eigenvalue weighted by Gasteiger charge is 2.09. The highest BCUT2D eigenvalue weighted by atomic mass is 16.5. The molecule has 0 spiro atoms. The van der Waals surface area contributed by atoms with Crippen LogP contribution in [-0.4, -0.2) is 56.3 Å². The van der Waals surface area contributed by atoms with Gasteiger partial charge in [-0.3, -0.25) is 9.80 Å². The highest BCUT2D eigenvalue weighted by molar-refractivity contribution is 5.27. The zero-order chi connectivity index (χ0) is 18.2. The zero-order valence-corrected chi connectivity index (χ0v) is 16.0. The fourth-order valence-corrected chi connectivity index (χ4v) is 3.18. The molecule has 0 atom stereocenters. The van der Waals surface area contributed by atoms with Gasteiger partial charge >= 0.3 is 0 Å². The number of rotatable bonds is 8. The minimum Gasteiger partial charge on any atom is -0.492 e. The van der Waals surface area contributed by atoms with E-state index in [-0.39, 0.29) is 0 Å². The van der Waals surface area contributed by atoms with E-state index in [0.717, 1.165) is 58.3 Å². The first-order chi connectivity index (χ1) is 12.7. The molecule has 0 unspecified atom stereocenters. The van der Waals surface area contributed by atoms with Gasteiger partial charge in [0.15, 0.2) is 0 Å². The molecule has 0 aromatic heterocycles. The number of morpholine rings is 1. The summed E-state index contributed by atoms with van der Waals surface area (Å²) in [6, 6.07) is 17.2. The second kappa shape index (κ2) is 9.72. The third kappa shape index (κ3) is 6.13. The molecule has 0 N–H and O–H groups in total. The van der Waals surface area contributed by atoms with Crippen molar-refractivity contribution in [3.63, 3.8) is 0 Å². The quantitative estimate of drug-likeness (QED) is 0.726. The third-order valence-corrected chi connectivity index (χ3v) is 4.73. The van der Waals surface area contributed by atoms with Gasteiger partial charge in [0.2, 0.25) is 0 Å². The summed E-state index contributed by atoms with van der Waals surface area (Å²) < 4.78 is 11.2. The molecule has 3 rings (SSSR count). The molecule has 0 radical (unpaired) electrons. The Balaban J connectivity index is 1.41. The number of hydrogen-bond acceptors (Lipinski definition) is 4. The fraction of sp³-hybridized carbons (Fsp3) is 0.455. The fourth-order valence-electron chi connectivity index (χ4n) is 3.18. The van der Waals surface area contributed by atoms with Crippen molar-refractivity contribution in [1.29, 1.82) is 0 Å². The molecular weight excluding hydrogens is 324 g/mol. The average Bonchev–Trinajstić information content (AvgIpc) is 2.66. The van der Waals surface area contributed by atoms with Gasteiger partial charge in [0.1, 0.15) is 12.4 Å². The van der Waals surface area contributed by atoms with Crippen LogP contribution in [0.25, 0.3) is 0 Å². The molecule has 4 nitrogen and oxygen atoms in total. The molecule has 0 saturated carbocycles. The SMILES string of the molecule is Cc1ccc(CN(C)Cc2ccc(OCCN3CCOCC3)cc2)cc1. The van der Waals surface area contributed by atoms with Crippen molar-refractivity contribution < 1.29 is 9.47 Å². The Kier molecular flexibility index (Phi) is 7.06. The van der Waals surface area contributed by atoms with E-state index in [1.165, 1.54) is 16.7 Å². The summed E-state index contributed by atoms with van der Waals surface area (Å²) in [4.78, 5) is 4.72. The van der Waals surface area contributed by atoms with Crippen LogP contribution in [0.1, 0.15) is 16.7 Å². The Morgan fingerprint density at radius 3 is 2.12 bits per heavy atom. The van der Waals surface area contributed by atoms with Crippen LogP contribution >= 0.6 is 0 Å². The van der Waals surface area contributed by atoms with Crippen LogP contribution < -0.4 is 4.74 Å². The Hall–Kier alpha value is -1.88. The van der Waals surface area contributed by atoms with Crippen molar-refractivity contribution in [3.05, 3.63) is 65.2 Å². The Morgan fingerprint density at radius 1 is 0.923 bits per heavy atom.